The predicted molar refractivity (Wildman–Crippen MR) is 72.2 cm³/mol. The van der Waals surface area contributed by atoms with Crippen molar-refractivity contribution in [3.05, 3.63) is 29.8 Å². The van der Waals surface area contributed by atoms with Crippen molar-refractivity contribution in [1.29, 1.82) is 0 Å². The number of nitrogens with one attached hydrogen (secondary N) is 1. The summed E-state index contributed by atoms with van der Waals surface area (Å²) in [5.41, 5.74) is 0.881. The third-order valence-electron chi connectivity index (χ3n) is 3.14. The Labute approximate surface area is 113 Å². The van der Waals surface area contributed by atoms with Crippen LogP contribution in [0.3, 0.4) is 0 Å². The number of hydrogen-bond donors (Lipinski definition) is 1. The number of methoxy groups -OCH3 is 1. The molecule has 2 rings (SSSR count). The van der Waals surface area contributed by atoms with Crippen LogP contribution >= 0.6 is 0 Å². The summed E-state index contributed by atoms with van der Waals surface area (Å²) in [6.07, 6.45) is 0.707. The molecule has 1 fully saturated rings. The molecule has 1 aromatic carbocycles. The van der Waals surface area contributed by atoms with Gasteiger partial charge in [-0.05, 0) is 19.0 Å². The van der Waals surface area contributed by atoms with Gasteiger partial charge in [0, 0.05) is 25.2 Å². The first-order valence-corrected chi connectivity index (χ1v) is 6.55. The highest BCUT2D eigenvalue weighted by atomic mass is 16.6. The van der Waals surface area contributed by atoms with Crippen LogP contribution in [0.2, 0.25) is 0 Å². The number of carbonyl (C=O) groups is 1. The summed E-state index contributed by atoms with van der Waals surface area (Å²) in [6.45, 7) is 3.47. The van der Waals surface area contributed by atoms with Gasteiger partial charge in [0.2, 0.25) is 0 Å². The largest absolute Gasteiger partial charge is 0.496 e. The minimum absolute atomic E-state index is 0.243. The van der Waals surface area contributed by atoms with Crippen LogP contribution < -0.4 is 10.1 Å². The van der Waals surface area contributed by atoms with Crippen molar-refractivity contribution < 1.29 is 14.3 Å². The molecule has 5 heteroatoms. The van der Waals surface area contributed by atoms with Crippen LogP contribution in [0, 0.1) is 0 Å². The first kappa shape index (κ1) is 13.7. The Morgan fingerprint density at radius 1 is 1.32 bits per heavy atom. The number of para-hydroxylation sites is 1. The Balaban J connectivity index is 1.88. The van der Waals surface area contributed by atoms with Gasteiger partial charge in [0.1, 0.15) is 12.4 Å². The molecular weight excluding hydrogens is 244 g/mol. The highest BCUT2D eigenvalue weighted by molar-refractivity contribution is 5.67. The molecule has 0 radical (unpaired) electrons. The summed E-state index contributed by atoms with van der Waals surface area (Å²) in [6, 6.07) is 7.56. The van der Waals surface area contributed by atoms with Gasteiger partial charge in [-0.15, -0.1) is 0 Å². The Bertz CT molecular complexity index is 415. The normalized spacial score (nSPS) is 15.7. The Hall–Kier alpha value is -1.75. The summed E-state index contributed by atoms with van der Waals surface area (Å²) in [7, 11) is 1.61. The minimum Gasteiger partial charge on any atom is -0.496 e. The molecular formula is C14H20N2O3. The molecule has 104 valence electrons. The number of nitrogens with zero attached hydrogens (tertiary/aromatic N) is 1. The number of amides is 1. The van der Waals surface area contributed by atoms with Gasteiger partial charge >= 0.3 is 6.09 Å². The second kappa shape index (κ2) is 6.99. The van der Waals surface area contributed by atoms with Crippen molar-refractivity contribution in [3.63, 3.8) is 0 Å². The van der Waals surface area contributed by atoms with Gasteiger partial charge in [0.05, 0.1) is 7.11 Å². The second-order valence-corrected chi connectivity index (χ2v) is 4.46. The number of hydrogen-bond acceptors (Lipinski definition) is 4. The van der Waals surface area contributed by atoms with E-state index in [0.29, 0.717) is 6.54 Å². The highest BCUT2D eigenvalue weighted by Gasteiger charge is 2.16. The van der Waals surface area contributed by atoms with E-state index in [4.69, 9.17) is 9.47 Å². The van der Waals surface area contributed by atoms with Crippen LogP contribution in [-0.4, -0.2) is 44.3 Å². The zero-order chi connectivity index (χ0) is 13.5. The fourth-order valence-corrected chi connectivity index (χ4v) is 2.08. The lowest BCUT2D eigenvalue weighted by molar-refractivity contribution is 0.0977. The van der Waals surface area contributed by atoms with Crippen LogP contribution in [0.4, 0.5) is 4.79 Å². The van der Waals surface area contributed by atoms with Gasteiger partial charge in [0.15, 0.2) is 0 Å². The monoisotopic (exact) mass is 264 g/mol. The molecule has 0 atom stereocenters. The molecule has 19 heavy (non-hydrogen) atoms. The maximum atomic E-state index is 12.0. The molecule has 0 spiro atoms. The van der Waals surface area contributed by atoms with Gasteiger partial charge in [-0.25, -0.2) is 4.79 Å². The standard InChI is InChI=1S/C14H20N2O3/c1-18-13-6-3-2-5-12(13)11-19-14(17)16-9-4-7-15-8-10-16/h2-3,5-6,15H,4,7-11H2,1H3. The number of ether oxygens (including phenoxy) is 2. The van der Waals surface area contributed by atoms with Crippen LogP contribution in [0.1, 0.15) is 12.0 Å². The zero-order valence-corrected chi connectivity index (χ0v) is 11.2. The van der Waals surface area contributed by atoms with E-state index >= 15 is 0 Å². The molecule has 5 nitrogen and oxygen atoms in total. The van der Waals surface area contributed by atoms with Gasteiger partial charge in [-0.3, -0.25) is 0 Å². The number of benzene rings is 1. The SMILES string of the molecule is COc1ccccc1COC(=O)N1CCCNCC1. The lowest BCUT2D eigenvalue weighted by atomic mass is 10.2. The van der Waals surface area contributed by atoms with E-state index in [9.17, 15) is 4.79 Å². The van der Waals surface area contributed by atoms with Crippen molar-refractivity contribution in [2.24, 2.45) is 0 Å². The molecule has 1 aliphatic heterocycles. The van der Waals surface area contributed by atoms with Crippen LogP contribution in [0.25, 0.3) is 0 Å². The highest BCUT2D eigenvalue weighted by Crippen LogP contribution is 2.18. The van der Waals surface area contributed by atoms with E-state index in [0.717, 1.165) is 37.4 Å². The van der Waals surface area contributed by atoms with E-state index in [1.807, 2.05) is 24.3 Å². The van der Waals surface area contributed by atoms with Gasteiger partial charge in [-0.1, -0.05) is 18.2 Å². The second-order valence-electron chi connectivity index (χ2n) is 4.46. The van der Waals surface area contributed by atoms with Crippen molar-refractivity contribution in [2.45, 2.75) is 13.0 Å². The third kappa shape index (κ3) is 3.86. The fourth-order valence-electron chi connectivity index (χ4n) is 2.08. The number of rotatable bonds is 3. The molecule has 1 heterocycles. The van der Waals surface area contributed by atoms with E-state index in [-0.39, 0.29) is 12.7 Å². The third-order valence-corrected chi connectivity index (χ3v) is 3.14. The van der Waals surface area contributed by atoms with Crippen molar-refractivity contribution in [3.8, 4) is 5.75 Å². The average molecular weight is 264 g/mol. The van der Waals surface area contributed by atoms with Crippen LogP contribution in [-0.2, 0) is 11.3 Å². The summed E-state index contributed by atoms with van der Waals surface area (Å²) in [5, 5.41) is 3.25. The molecule has 1 saturated heterocycles. The smallest absolute Gasteiger partial charge is 0.410 e. The van der Waals surface area contributed by atoms with E-state index < -0.39 is 0 Å². The Kier molecular flexibility index (Phi) is 5.03. The summed E-state index contributed by atoms with van der Waals surface area (Å²) < 4.78 is 10.6. The molecule has 0 saturated carbocycles. The fraction of sp³-hybridized carbons (Fsp3) is 0.500. The molecule has 1 aliphatic rings. The average Bonchev–Trinajstić information content (AvgIpc) is 2.74. The lowest BCUT2D eigenvalue weighted by Gasteiger charge is -2.19. The topological polar surface area (TPSA) is 50.8 Å². The van der Waals surface area contributed by atoms with Crippen molar-refractivity contribution in [1.82, 2.24) is 10.2 Å². The molecule has 1 N–H and O–H groups in total. The van der Waals surface area contributed by atoms with E-state index in [1.165, 1.54) is 0 Å². The molecule has 1 aromatic rings. The summed E-state index contributed by atoms with van der Waals surface area (Å²) >= 11 is 0. The summed E-state index contributed by atoms with van der Waals surface area (Å²) in [4.78, 5) is 13.7. The van der Waals surface area contributed by atoms with Crippen LogP contribution in [0.5, 0.6) is 5.75 Å². The zero-order valence-electron chi connectivity index (χ0n) is 11.2. The van der Waals surface area contributed by atoms with Gasteiger partial charge in [0.25, 0.3) is 0 Å². The predicted octanol–water partition coefficient (Wildman–Crippen LogP) is 1.63. The molecule has 1 amide bonds. The minimum atomic E-state index is -0.255. The van der Waals surface area contributed by atoms with Crippen molar-refractivity contribution >= 4 is 6.09 Å². The first-order chi connectivity index (χ1) is 9.31. The number of carbonyl (C=O) groups excluding carboxylic acids is 1. The maximum absolute atomic E-state index is 12.0. The quantitative estimate of drug-likeness (QED) is 0.901. The Morgan fingerprint density at radius 3 is 3.00 bits per heavy atom. The van der Waals surface area contributed by atoms with E-state index in [2.05, 4.69) is 5.32 Å². The van der Waals surface area contributed by atoms with Crippen molar-refractivity contribution in [2.75, 3.05) is 33.3 Å². The first-order valence-electron chi connectivity index (χ1n) is 6.55. The molecule has 0 aromatic heterocycles. The summed E-state index contributed by atoms with van der Waals surface area (Å²) in [5.74, 6) is 0.743. The van der Waals surface area contributed by atoms with Gasteiger partial charge < -0.3 is 19.7 Å². The molecule has 0 unspecified atom stereocenters. The lowest BCUT2D eigenvalue weighted by Crippen LogP contribution is -2.34. The van der Waals surface area contributed by atoms with Crippen LogP contribution in [0.15, 0.2) is 24.3 Å². The Morgan fingerprint density at radius 2 is 2.16 bits per heavy atom. The van der Waals surface area contributed by atoms with Gasteiger partial charge in [-0.2, -0.15) is 0 Å². The maximum Gasteiger partial charge on any atom is 0.410 e. The molecule has 0 bridgehead atoms. The molecule has 0 aliphatic carbocycles. The van der Waals surface area contributed by atoms with E-state index in [1.54, 1.807) is 12.0 Å².